The normalized spacial score (nSPS) is 10.2. The lowest BCUT2D eigenvalue weighted by Crippen LogP contribution is -2.27. The number of methoxy groups -OCH3 is 1. The van der Waals surface area contributed by atoms with Crippen molar-refractivity contribution in [1.29, 1.82) is 0 Å². The van der Waals surface area contributed by atoms with Crippen LogP contribution in [0.3, 0.4) is 0 Å². The van der Waals surface area contributed by atoms with Gasteiger partial charge in [-0.2, -0.15) is 0 Å². The number of aromatic nitrogens is 1. The van der Waals surface area contributed by atoms with Crippen LogP contribution >= 0.6 is 11.6 Å². The molecule has 0 saturated heterocycles. The van der Waals surface area contributed by atoms with Crippen LogP contribution in [0.15, 0.2) is 36.7 Å². The van der Waals surface area contributed by atoms with Crippen LogP contribution < -0.4 is 15.4 Å². The Morgan fingerprint density at radius 1 is 1.40 bits per heavy atom. The van der Waals surface area contributed by atoms with Crippen LogP contribution in [0.5, 0.6) is 5.75 Å². The lowest BCUT2D eigenvalue weighted by Gasteiger charge is -2.20. The fraction of sp³-hybridized carbons (Fsp3) is 0.143. The Kier molecular flexibility index (Phi) is 4.10. The topological polar surface area (TPSA) is 68.5 Å². The Balaban J connectivity index is 2.40. The van der Waals surface area contributed by atoms with E-state index in [4.69, 9.17) is 22.1 Å². The van der Waals surface area contributed by atoms with Crippen LogP contribution in [-0.2, 0) is 0 Å². The maximum atomic E-state index is 12.5. The number of nitrogens with two attached hydrogens (primary N) is 1. The zero-order valence-electron chi connectivity index (χ0n) is 11.1. The maximum Gasteiger partial charge on any atom is 0.261 e. The number of carbonyl (C=O) groups excluding carboxylic acids is 1. The van der Waals surface area contributed by atoms with Crippen LogP contribution in [0.2, 0.25) is 5.02 Å². The SMILES string of the molecule is COc1cnccc1C(=O)N(C)c1cc(Cl)ccc1N. The summed E-state index contributed by atoms with van der Waals surface area (Å²) < 4.78 is 5.14. The minimum atomic E-state index is -0.252. The molecule has 1 aromatic carbocycles. The van der Waals surface area contributed by atoms with Gasteiger partial charge in [0.15, 0.2) is 0 Å². The third-order valence-electron chi connectivity index (χ3n) is 2.89. The molecule has 1 amide bonds. The number of carbonyl (C=O) groups is 1. The number of ether oxygens (including phenoxy) is 1. The van der Waals surface area contributed by atoms with Crippen LogP contribution in [0, 0.1) is 0 Å². The van der Waals surface area contributed by atoms with Crippen molar-refractivity contribution in [2.75, 3.05) is 24.8 Å². The van der Waals surface area contributed by atoms with Crippen LogP contribution in [0.25, 0.3) is 0 Å². The van der Waals surface area contributed by atoms with Crippen molar-refractivity contribution in [2.45, 2.75) is 0 Å². The van der Waals surface area contributed by atoms with Gasteiger partial charge in [-0.05, 0) is 24.3 Å². The highest BCUT2D eigenvalue weighted by Crippen LogP contribution is 2.28. The Morgan fingerprint density at radius 3 is 2.85 bits per heavy atom. The summed E-state index contributed by atoms with van der Waals surface area (Å²) in [5.41, 5.74) is 7.30. The highest BCUT2D eigenvalue weighted by molar-refractivity contribution is 6.31. The molecule has 1 aromatic heterocycles. The predicted octanol–water partition coefficient (Wildman–Crippen LogP) is 2.60. The van der Waals surface area contributed by atoms with Crippen LogP contribution in [0.4, 0.5) is 11.4 Å². The minimum Gasteiger partial charge on any atom is -0.494 e. The van der Waals surface area contributed by atoms with E-state index in [2.05, 4.69) is 4.98 Å². The van der Waals surface area contributed by atoms with E-state index < -0.39 is 0 Å². The molecule has 2 rings (SSSR count). The summed E-state index contributed by atoms with van der Waals surface area (Å²) in [6, 6.07) is 6.57. The van der Waals surface area contributed by atoms with Gasteiger partial charge in [-0.3, -0.25) is 9.78 Å². The molecule has 0 fully saturated rings. The van der Waals surface area contributed by atoms with Gasteiger partial charge >= 0.3 is 0 Å². The number of rotatable bonds is 3. The average molecular weight is 292 g/mol. The number of nitrogen functional groups attached to an aromatic ring is 1. The van der Waals surface area contributed by atoms with Crippen LogP contribution in [-0.4, -0.2) is 25.0 Å². The second-order valence-electron chi connectivity index (χ2n) is 4.14. The molecule has 0 atom stereocenters. The van der Waals surface area contributed by atoms with Gasteiger partial charge < -0.3 is 15.4 Å². The van der Waals surface area contributed by atoms with Crippen molar-refractivity contribution in [2.24, 2.45) is 0 Å². The van der Waals surface area contributed by atoms with Crippen molar-refractivity contribution in [3.8, 4) is 5.75 Å². The quantitative estimate of drug-likeness (QED) is 0.883. The predicted molar refractivity (Wildman–Crippen MR) is 79.4 cm³/mol. The van der Waals surface area contributed by atoms with Gasteiger partial charge in [0, 0.05) is 18.3 Å². The number of nitrogens with zero attached hydrogens (tertiary/aromatic N) is 2. The number of pyridine rings is 1. The van der Waals surface area contributed by atoms with Gasteiger partial charge in [0.05, 0.1) is 30.2 Å². The monoisotopic (exact) mass is 291 g/mol. The molecule has 5 nitrogen and oxygen atoms in total. The third kappa shape index (κ3) is 2.67. The Labute approximate surface area is 121 Å². The van der Waals surface area contributed by atoms with Crippen molar-refractivity contribution >= 4 is 28.9 Å². The Hall–Kier alpha value is -2.27. The van der Waals surface area contributed by atoms with E-state index in [0.717, 1.165) is 0 Å². The van der Waals surface area contributed by atoms with Gasteiger partial charge in [0.25, 0.3) is 5.91 Å². The summed E-state index contributed by atoms with van der Waals surface area (Å²) in [4.78, 5) is 17.9. The third-order valence-corrected chi connectivity index (χ3v) is 3.13. The number of amides is 1. The zero-order chi connectivity index (χ0) is 14.7. The molecule has 2 N–H and O–H groups in total. The summed E-state index contributed by atoms with van der Waals surface area (Å²) in [6.07, 6.45) is 3.02. The highest BCUT2D eigenvalue weighted by atomic mass is 35.5. The lowest BCUT2D eigenvalue weighted by atomic mass is 10.2. The first-order valence-electron chi connectivity index (χ1n) is 5.85. The van der Waals surface area contributed by atoms with E-state index in [0.29, 0.717) is 27.7 Å². The second kappa shape index (κ2) is 5.79. The summed E-state index contributed by atoms with van der Waals surface area (Å²) in [5.74, 6) is 0.156. The minimum absolute atomic E-state index is 0.252. The molecular weight excluding hydrogens is 278 g/mol. The fourth-order valence-electron chi connectivity index (χ4n) is 1.82. The van der Waals surface area contributed by atoms with Crippen LogP contribution in [0.1, 0.15) is 10.4 Å². The van der Waals surface area contributed by atoms with E-state index in [9.17, 15) is 4.79 Å². The number of benzene rings is 1. The Bertz CT molecular complexity index is 646. The molecule has 0 saturated carbocycles. The standard InChI is InChI=1S/C14H14ClN3O2/c1-18(12-7-9(15)3-4-11(12)16)14(19)10-5-6-17-8-13(10)20-2/h3-8H,16H2,1-2H3. The van der Waals surface area contributed by atoms with Crippen molar-refractivity contribution in [3.63, 3.8) is 0 Å². The van der Waals surface area contributed by atoms with Gasteiger partial charge in [0.1, 0.15) is 5.75 Å². The molecule has 0 unspecified atom stereocenters. The van der Waals surface area contributed by atoms with E-state index in [1.54, 1.807) is 31.3 Å². The summed E-state index contributed by atoms with van der Waals surface area (Å²) in [5, 5.41) is 0.510. The van der Waals surface area contributed by atoms with E-state index in [-0.39, 0.29) is 5.91 Å². The van der Waals surface area contributed by atoms with Gasteiger partial charge in [-0.15, -0.1) is 0 Å². The molecule has 0 aliphatic rings. The molecule has 20 heavy (non-hydrogen) atoms. The molecular formula is C14H14ClN3O2. The average Bonchev–Trinajstić information content (AvgIpc) is 2.48. The molecule has 0 radical (unpaired) electrons. The number of anilines is 2. The number of hydrogen-bond acceptors (Lipinski definition) is 4. The number of hydrogen-bond donors (Lipinski definition) is 1. The van der Waals surface area contributed by atoms with E-state index >= 15 is 0 Å². The fourth-order valence-corrected chi connectivity index (χ4v) is 1.98. The molecule has 6 heteroatoms. The first-order valence-corrected chi connectivity index (χ1v) is 6.23. The van der Waals surface area contributed by atoms with E-state index in [1.165, 1.54) is 24.4 Å². The molecule has 0 bridgehead atoms. The molecule has 0 aliphatic heterocycles. The van der Waals surface area contributed by atoms with Gasteiger partial charge in [-0.1, -0.05) is 11.6 Å². The van der Waals surface area contributed by atoms with Crippen molar-refractivity contribution in [3.05, 3.63) is 47.2 Å². The first kappa shape index (κ1) is 14.1. The largest absolute Gasteiger partial charge is 0.494 e. The van der Waals surface area contributed by atoms with E-state index in [1.807, 2.05) is 0 Å². The Morgan fingerprint density at radius 2 is 2.15 bits per heavy atom. The second-order valence-corrected chi connectivity index (χ2v) is 4.58. The zero-order valence-corrected chi connectivity index (χ0v) is 11.9. The first-order chi connectivity index (χ1) is 9.54. The summed E-state index contributed by atoms with van der Waals surface area (Å²) in [6.45, 7) is 0. The summed E-state index contributed by atoms with van der Waals surface area (Å²) >= 11 is 5.94. The highest BCUT2D eigenvalue weighted by Gasteiger charge is 2.19. The molecule has 1 heterocycles. The van der Waals surface area contributed by atoms with Gasteiger partial charge in [-0.25, -0.2) is 0 Å². The number of halogens is 1. The molecule has 0 aliphatic carbocycles. The molecule has 104 valence electrons. The van der Waals surface area contributed by atoms with Crippen molar-refractivity contribution < 1.29 is 9.53 Å². The lowest BCUT2D eigenvalue weighted by molar-refractivity contribution is 0.0990. The van der Waals surface area contributed by atoms with Gasteiger partial charge in [0.2, 0.25) is 0 Å². The smallest absolute Gasteiger partial charge is 0.261 e. The molecule has 0 spiro atoms. The molecule has 2 aromatic rings. The maximum absolute atomic E-state index is 12.5. The summed E-state index contributed by atoms with van der Waals surface area (Å²) in [7, 11) is 3.12. The van der Waals surface area contributed by atoms with Crippen molar-refractivity contribution in [1.82, 2.24) is 4.98 Å².